The van der Waals surface area contributed by atoms with Gasteiger partial charge in [0.25, 0.3) is 0 Å². The molecule has 3 atom stereocenters. The number of carboxylic acid groups (broad SMARTS) is 1. The Morgan fingerprint density at radius 1 is 1.03 bits per heavy atom. The Balaban J connectivity index is 2.81. The first-order valence-corrected chi connectivity index (χ1v) is 12.9. The lowest BCUT2D eigenvalue weighted by atomic mass is 9.81. The molecule has 1 aromatic carbocycles. The van der Waals surface area contributed by atoms with Crippen molar-refractivity contribution in [3.63, 3.8) is 0 Å². The average molecular weight is 436 g/mol. The number of nitrogens with one attached hydrogen (secondary N) is 1. The van der Waals surface area contributed by atoms with E-state index in [2.05, 4.69) is 38.2 Å². The van der Waals surface area contributed by atoms with Crippen LogP contribution in [0.4, 0.5) is 0 Å². The number of amides is 1. The van der Waals surface area contributed by atoms with Gasteiger partial charge in [0, 0.05) is 5.92 Å². The average Bonchev–Trinajstić information content (AvgIpc) is 2.72. The van der Waals surface area contributed by atoms with Crippen molar-refractivity contribution in [3.05, 3.63) is 35.4 Å². The summed E-state index contributed by atoms with van der Waals surface area (Å²) in [6.07, 6.45) is 11.6. The third-order valence-corrected chi connectivity index (χ3v) is 6.61. The zero-order valence-corrected chi connectivity index (χ0v) is 20.1. The summed E-state index contributed by atoms with van der Waals surface area (Å²) in [5.74, 6) is -0.507. The topological polar surface area (TPSA) is 66.4 Å². The minimum absolute atomic E-state index is 0.0567. The Hall–Kier alpha value is -1.49. The lowest BCUT2D eigenvalue weighted by Crippen LogP contribution is -2.45. The fourth-order valence-corrected chi connectivity index (χ4v) is 4.49. The molecule has 1 aromatic rings. The first-order chi connectivity index (χ1) is 14.4. The summed E-state index contributed by atoms with van der Waals surface area (Å²) in [6.45, 7) is 6.40. The standard InChI is InChI=1S/C25H41NO3S/c1-5-6-7-8-9-10-11-16-22(20(3)21-15-13-12-14-19(21)2)24(27)26-23(25(28)29)17-18-30-4/h12-15,20,22-23H,5-11,16-18H2,1-4H3,(H,26,27)(H,28,29). The van der Waals surface area contributed by atoms with Gasteiger partial charge in [0.05, 0.1) is 0 Å². The lowest BCUT2D eigenvalue weighted by Gasteiger charge is -2.26. The van der Waals surface area contributed by atoms with Crippen molar-refractivity contribution < 1.29 is 14.7 Å². The minimum Gasteiger partial charge on any atom is -0.480 e. The smallest absolute Gasteiger partial charge is 0.326 e. The largest absolute Gasteiger partial charge is 0.480 e. The number of thioether (sulfide) groups is 1. The molecule has 2 N–H and O–H groups in total. The molecule has 0 aliphatic carbocycles. The summed E-state index contributed by atoms with van der Waals surface area (Å²) >= 11 is 1.60. The molecule has 0 saturated heterocycles. The molecule has 1 amide bonds. The number of carbonyl (C=O) groups excluding carboxylic acids is 1. The van der Waals surface area contributed by atoms with Gasteiger partial charge in [0.2, 0.25) is 5.91 Å². The second-order valence-electron chi connectivity index (χ2n) is 8.34. The van der Waals surface area contributed by atoms with Crippen LogP contribution in [0.15, 0.2) is 24.3 Å². The number of benzene rings is 1. The Bertz CT molecular complexity index is 635. The van der Waals surface area contributed by atoms with E-state index in [-0.39, 0.29) is 17.7 Å². The number of unbranched alkanes of at least 4 members (excludes halogenated alkanes) is 6. The van der Waals surface area contributed by atoms with Crippen LogP contribution in [-0.2, 0) is 9.59 Å². The second-order valence-corrected chi connectivity index (χ2v) is 9.33. The van der Waals surface area contributed by atoms with Crippen LogP contribution in [0.1, 0.15) is 88.7 Å². The molecule has 1 rings (SSSR count). The summed E-state index contributed by atoms with van der Waals surface area (Å²) in [4.78, 5) is 24.8. The quantitative estimate of drug-likeness (QED) is 0.304. The maximum absolute atomic E-state index is 13.2. The van der Waals surface area contributed by atoms with Gasteiger partial charge >= 0.3 is 5.97 Å². The van der Waals surface area contributed by atoms with E-state index < -0.39 is 12.0 Å². The highest BCUT2D eigenvalue weighted by Gasteiger charge is 2.30. The monoisotopic (exact) mass is 435 g/mol. The predicted octanol–water partition coefficient (Wildman–Crippen LogP) is 6.18. The van der Waals surface area contributed by atoms with E-state index in [0.29, 0.717) is 12.2 Å². The van der Waals surface area contributed by atoms with Gasteiger partial charge in [0.1, 0.15) is 6.04 Å². The highest BCUT2D eigenvalue weighted by molar-refractivity contribution is 7.98. The van der Waals surface area contributed by atoms with E-state index in [1.54, 1.807) is 11.8 Å². The molecule has 4 nitrogen and oxygen atoms in total. The van der Waals surface area contributed by atoms with Crippen molar-refractivity contribution in [1.82, 2.24) is 5.32 Å². The summed E-state index contributed by atoms with van der Waals surface area (Å²) in [7, 11) is 0. The van der Waals surface area contributed by atoms with Gasteiger partial charge < -0.3 is 10.4 Å². The fourth-order valence-electron chi connectivity index (χ4n) is 4.02. The Morgan fingerprint density at radius 3 is 2.27 bits per heavy atom. The van der Waals surface area contributed by atoms with Gasteiger partial charge in [-0.05, 0) is 48.8 Å². The predicted molar refractivity (Wildman–Crippen MR) is 128 cm³/mol. The highest BCUT2D eigenvalue weighted by Crippen LogP contribution is 2.31. The van der Waals surface area contributed by atoms with E-state index in [4.69, 9.17) is 0 Å². The minimum atomic E-state index is -0.949. The number of carboxylic acids is 1. The molecule has 3 unspecified atom stereocenters. The molecule has 0 heterocycles. The van der Waals surface area contributed by atoms with Crippen molar-refractivity contribution in [3.8, 4) is 0 Å². The summed E-state index contributed by atoms with van der Waals surface area (Å²) in [6, 6.07) is 7.38. The molecular formula is C25H41NO3S. The summed E-state index contributed by atoms with van der Waals surface area (Å²) in [5.41, 5.74) is 2.36. The fraction of sp³-hybridized carbons (Fsp3) is 0.680. The molecule has 0 spiro atoms. The third kappa shape index (κ3) is 9.55. The molecule has 30 heavy (non-hydrogen) atoms. The van der Waals surface area contributed by atoms with E-state index in [1.165, 1.54) is 43.2 Å². The van der Waals surface area contributed by atoms with E-state index in [9.17, 15) is 14.7 Å². The van der Waals surface area contributed by atoms with Gasteiger partial charge in [-0.3, -0.25) is 4.79 Å². The van der Waals surface area contributed by atoms with Crippen molar-refractivity contribution in [2.24, 2.45) is 5.92 Å². The molecule has 0 radical (unpaired) electrons. The third-order valence-electron chi connectivity index (χ3n) is 5.96. The maximum atomic E-state index is 13.2. The molecular weight excluding hydrogens is 394 g/mol. The number of aliphatic carboxylic acids is 1. The SMILES string of the molecule is CCCCCCCCCC(C(=O)NC(CCSC)C(=O)O)C(C)c1ccccc1C. The molecule has 0 fully saturated rings. The molecule has 170 valence electrons. The summed E-state index contributed by atoms with van der Waals surface area (Å²) in [5, 5.41) is 12.4. The van der Waals surface area contributed by atoms with E-state index >= 15 is 0 Å². The van der Waals surface area contributed by atoms with Crippen molar-refractivity contribution in [1.29, 1.82) is 0 Å². The second kappa shape index (κ2) is 15.3. The Kier molecular flexibility index (Phi) is 13.6. The first kappa shape index (κ1) is 26.5. The molecule has 0 aliphatic heterocycles. The molecule has 0 aromatic heterocycles. The van der Waals surface area contributed by atoms with Gasteiger partial charge in [-0.25, -0.2) is 4.79 Å². The maximum Gasteiger partial charge on any atom is 0.326 e. The Morgan fingerprint density at radius 2 is 1.67 bits per heavy atom. The van der Waals surface area contributed by atoms with E-state index in [1.807, 2.05) is 18.4 Å². The van der Waals surface area contributed by atoms with Crippen molar-refractivity contribution in [2.45, 2.75) is 90.5 Å². The normalized spacial score (nSPS) is 14.1. The number of hydrogen-bond donors (Lipinski definition) is 2. The molecule has 5 heteroatoms. The van der Waals surface area contributed by atoms with E-state index in [0.717, 1.165) is 19.3 Å². The first-order valence-electron chi connectivity index (χ1n) is 11.5. The van der Waals surface area contributed by atoms with Crippen LogP contribution in [0.3, 0.4) is 0 Å². The van der Waals surface area contributed by atoms with Crippen LogP contribution in [0.2, 0.25) is 0 Å². The number of rotatable bonds is 16. The number of hydrogen-bond acceptors (Lipinski definition) is 3. The van der Waals surface area contributed by atoms with Crippen LogP contribution in [0.25, 0.3) is 0 Å². The van der Waals surface area contributed by atoms with Gasteiger partial charge in [-0.1, -0.05) is 83.1 Å². The number of aryl methyl sites for hydroxylation is 1. The summed E-state index contributed by atoms with van der Waals surface area (Å²) < 4.78 is 0. The van der Waals surface area contributed by atoms with Crippen LogP contribution < -0.4 is 5.32 Å². The van der Waals surface area contributed by atoms with Crippen LogP contribution >= 0.6 is 11.8 Å². The van der Waals surface area contributed by atoms with Crippen LogP contribution in [-0.4, -0.2) is 35.0 Å². The molecule has 0 saturated carbocycles. The Labute approximate surface area is 187 Å². The van der Waals surface area contributed by atoms with Gasteiger partial charge in [0.15, 0.2) is 0 Å². The lowest BCUT2D eigenvalue weighted by molar-refractivity contribution is -0.142. The zero-order valence-electron chi connectivity index (χ0n) is 19.3. The van der Waals surface area contributed by atoms with Crippen molar-refractivity contribution >= 4 is 23.6 Å². The van der Waals surface area contributed by atoms with Gasteiger partial charge in [-0.2, -0.15) is 11.8 Å². The van der Waals surface area contributed by atoms with Gasteiger partial charge in [-0.15, -0.1) is 0 Å². The van der Waals surface area contributed by atoms with Crippen molar-refractivity contribution in [2.75, 3.05) is 12.0 Å². The molecule has 0 bridgehead atoms. The van der Waals surface area contributed by atoms with Crippen LogP contribution in [0.5, 0.6) is 0 Å². The van der Waals surface area contributed by atoms with Crippen LogP contribution in [0, 0.1) is 12.8 Å². The highest BCUT2D eigenvalue weighted by atomic mass is 32.2. The molecule has 0 aliphatic rings. The zero-order chi connectivity index (χ0) is 22.4. The number of carbonyl (C=O) groups is 2.